The van der Waals surface area contributed by atoms with E-state index >= 15 is 0 Å². The number of rotatable bonds is 7. The number of nitrogens with two attached hydrogens (primary N) is 1. The summed E-state index contributed by atoms with van der Waals surface area (Å²) >= 11 is 0. The largest absolute Gasteiger partial charge is 0.465 e. The molecule has 3 atom stereocenters. The molecule has 0 aromatic heterocycles. The summed E-state index contributed by atoms with van der Waals surface area (Å²) in [7, 11) is 0. The standard InChI is InChI=1S/C15H24N2O4/c1-4-21-15(20)14(16)9-12-5-7-13(8-6-12)17(10(2)18)11(3)19/h5-8,10-11,14,18-19H,4,9,16H2,1-3H3. The normalized spacial score (nSPS) is 15.1. The van der Waals surface area contributed by atoms with Crippen molar-refractivity contribution in [1.29, 1.82) is 0 Å². The minimum absolute atomic E-state index is 0.309. The van der Waals surface area contributed by atoms with Gasteiger partial charge in [0.1, 0.15) is 18.5 Å². The monoisotopic (exact) mass is 296 g/mol. The van der Waals surface area contributed by atoms with Gasteiger partial charge < -0.3 is 25.6 Å². The van der Waals surface area contributed by atoms with Gasteiger partial charge in [-0.05, 0) is 44.9 Å². The molecule has 0 aliphatic heterocycles. The van der Waals surface area contributed by atoms with Gasteiger partial charge in [0.05, 0.1) is 6.61 Å². The van der Waals surface area contributed by atoms with E-state index in [9.17, 15) is 15.0 Å². The van der Waals surface area contributed by atoms with Crippen molar-refractivity contribution in [2.75, 3.05) is 11.5 Å². The number of carbonyl (C=O) groups excluding carboxylic acids is 1. The molecule has 6 nitrogen and oxygen atoms in total. The predicted molar refractivity (Wildman–Crippen MR) is 80.6 cm³/mol. The van der Waals surface area contributed by atoms with E-state index in [1.54, 1.807) is 32.9 Å². The molecule has 0 aliphatic carbocycles. The minimum atomic E-state index is -0.808. The average Bonchev–Trinajstić information content (AvgIpc) is 2.40. The van der Waals surface area contributed by atoms with E-state index in [0.29, 0.717) is 18.7 Å². The van der Waals surface area contributed by atoms with Crippen LogP contribution in [0.15, 0.2) is 24.3 Å². The Morgan fingerprint density at radius 3 is 2.19 bits per heavy atom. The molecule has 4 N–H and O–H groups in total. The molecule has 0 heterocycles. The number of esters is 1. The van der Waals surface area contributed by atoms with E-state index in [1.807, 2.05) is 12.1 Å². The summed E-state index contributed by atoms with van der Waals surface area (Å²) in [6.45, 7) is 5.21. The lowest BCUT2D eigenvalue weighted by Gasteiger charge is -2.30. The van der Waals surface area contributed by atoms with Crippen LogP contribution >= 0.6 is 0 Å². The summed E-state index contributed by atoms with van der Waals surface area (Å²) in [6, 6.07) is 6.47. The molecule has 0 saturated carbocycles. The van der Waals surface area contributed by atoms with E-state index in [-0.39, 0.29) is 0 Å². The van der Waals surface area contributed by atoms with E-state index in [4.69, 9.17) is 10.5 Å². The second kappa shape index (κ2) is 7.97. The van der Waals surface area contributed by atoms with Gasteiger partial charge in [-0.15, -0.1) is 0 Å². The van der Waals surface area contributed by atoms with Gasteiger partial charge in [0, 0.05) is 5.69 Å². The van der Waals surface area contributed by atoms with Crippen molar-refractivity contribution in [2.24, 2.45) is 5.73 Å². The summed E-state index contributed by atoms with van der Waals surface area (Å²) in [6.07, 6.45) is -1.24. The first kappa shape index (κ1) is 17.4. The molecule has 6 heteroatoms. The number of nitrogens with zero attached hydrogens (tertiary/aromatic N) is 1. The number of aliphatic hydroxyl groups is 2. The van der Waals surface area contributed by atoms with E-state index in [2.05, 4.69) is 0 Å². The van der Waals surface area contributed by atoms with Crippen molar-refractivity contribution in [3.05, 3.63) is 29.8 Å². The van der Waals surface area contributed by atoms with Crippen LogP contribution in [0.3, 0.4) is 0 Å². The number of aliphatic hydroxyl groups excluding tert-OH is 2. The maximum absolute atomic E-state index is 11.5. The summed E-state index contributed by atoms with van der Waals surface area (Å²) < 4.78 is 4.86. The first-order chi connectivity index (χ1) is 9.86. The molecule has 0 amide bonds. The highest BCUT2D eigenvalue weighted by Gasteiger charge is 2.18. The Bertz CT molecular complexity index is 437. The van der Waals surface area contributed by atoms with Crippen LogP contribution in [0.4, 0.5) is 5.69 Å². The van der Waals surface area contributed by atoms with E-state index in [1.165, 1.54) is 4.90 Å². The number of ether oxygens (including phenoxy) is 1. The predicted octanol–water partition coefficient (Wildman–Crippen LogP) is 0.602. The van der Waals surface area contributed by atoms with Crippen LogP contribution in [-0.4, -0.2) is 41.3 Å². The fraction of sp³-hybridized carbons (Fsp3) is 0.533. The zero-order valence-corrected chi connectivity index (χ0v) is 12.7. The molecule has 0 bridgehead atoms. The second-order valence-electron chi connectivity index (χ2n) is 4.90. The van der Waals surface area contributed by atoms with Gasteiger partial charge in [0.25, 0.3) is 0 Å². The highest BCUT2D eigenvalue weighted by Crippen LogP contribution is 2.19. The van der Waals surface area contributed by atoms with Crippen molar-refractivity contribution >= 4 is 11.7 Å². The van der Waals surface area contributed by atoms with Crippen LogP contribution in [0.25, 0.3) is 0 Å². The summed E-state index contributed by atoms with van der Waals surface area (Å²) in [4.78, 5) is 12.9. The molecular formula is C15H24N2O4. The first-order valence-electron chi connectivity index (χ1n) is 7.02. The summed E-state index contributed by atoms with van der Waals surface area (Å²) in [5.74, 6) is -0.420. The molecule has 0 fully saturated rings. The molecular weight excluding hydrogens is 272 g/mol. The van der Waals surface area contributed by atoms with Crippen molar-refractivity contribution < 1.29 is 19.7 Å². The lowest BCUT2D eigenvalue weighted by molar-refractivity contribution is -0.144. The Kier molecular flexibility index (Phi) is 6.61. The van der Waals surface area contributed by atoms with Crippen molar-refractivity contribution in [2.45, 2.75) is 45.7 Å². The van der Waals surface area contributed by atoms with Crippen molar-refractivity contribution in [3.63, 3.8) is 0 Å². The zero-order chi connectivity index (χ0) is 16.0. The Hall–Kier alpha value is -1.63. The van der Waals surface area contributed by atoms with Crippen molar-refractivity contribution in [1.82, 2.24) is 0 Å². The number of hydrogen-bond donors (Lipinski definition) is 3. The molecule has 0 saturated heterocycles. The highest BCUT2D eigenvalue weighted by atomic mass is 16.5. The summed E-state index contributed by atoms with van der Waals surface area (Å²) in [5.41, 5.74) is 7.34. The Morgan fingerprint density at radius 2 is 1.76 bits per heavy atom. The zero-order valence-electron chi connectivity index (χ0n) is 12.7. The first-order valence-corrected chi connectivity index (χ1v) is 7.02. The number of hydrogen-bond acceptors (Lipinski definition) is 6. The maximum atomic E-state index is 11.5. The molecule has 0 aliphatic rings. The Labute approximate surface area is 125 Å². The van der Waals surface area contributed by atoms with E-state index in [0.717, 1.165) is 5.56 Å². The average molecular weight is 296 g/mol. The second-order valence-corrected chi connectivity index (χ2v) is 4.90. The topological polar surface area (TPSA) is 96.0 Å². The smallest absolute Gasteiger partial charge is 0.323 e. The van der Waals surface area contributed by atoms with Gasteiger partial charge in [-0.25, -0.2) is 0 Å². The molecule has 1 aromatic rings. The number of carbonyl (C=O) groups is 1. The van der Waals surface area contributed by atoms with Gasteiger partial charge in [-0.1, -0.05) is 12.1 Å². The minimum Gasteiger partial charge on any atom is -0.465 e. The SMILES string of the molecule is CCOC(=O)C(N)Cc1ccc(N(C(C)O)C(C)O)cc1. The molecule has 1 rings (SSSR count). The van der Waals surface area contributed by atoms with Crippen LogP contribution in [0.1, 0.15) is 26.3 Å². The Morgan fingerprint density at radius 1 is 1.24 bits per heavy atom. The van der Waals surface area contributed by atoms with Crippen molar-refractivity contribution in [3.8, 4) is 0 Å². The molecule has 0 spiro atoms. The third-order valence-corrected chi connectivity index (χ3v) is 3.08. The van der Waals surface area contributed by atoms with Crippen LogP contribution in [0, 0.1) is 0 Å². The fourth-order valence-corrected chi connectivity index (χ4v) is 2.13. The molecule has 3 unspecified atom stereocenters. The lowest BCUT2D eigenvalue weighted by Crippen LogP contribution is -2.40. The van der Waals surface area contributed by atoms with Gasteiger partial charge in [-0.2, -0.15) is 0 Å². The molecule has 21 heavy (non-hydrogen) atoms. The molecule has 1 aromatic carbocycles. The lowest BCUT2D eigenvalue weighted by atomic mass is 10.1. The Balaban J connectivity index is 2.76. The third-order valence-electron chi connectivity index (χ3n) is 3.08. The van der Waals surface area contributed by atoms with Gasteiger partial charge >= 0.3 is 5.97 Å². The highest BCUT2D eigenvalue weighted by molar-refractivity contribution is 5.75. The molecule has 118 valence electrons. The van der Waals surface area contributed by atoms with Gasteiger partial charge in [0.2, 0.25) is 0 Å². The van der Waals surface area contributed by atoms with Gasteiger partial charge in [-0.3, -0.25) is 4.79 Å². The van der Waals surface area contributed by atoms with Crippen LogP contribution in [0.5, 0.6) is 0 Å². The number of benzene rings is 1. The fourth-order valence-electron chi connectivity index (χ4n) is 2.13. The number of anilines is 1. The van der Waals surface area contributed by atoms with Crippen LogP contribution < -0.4 is 10.6 Å². The molecule has 0 radical (unpaired) electrons. The van der Waals surface area contributed by atoms with Crippen LogP contribution in [-0.2, 0) is 16.0 Å². The van der Waals surface area contributed by atoms with E-state index < -0.39 is 24.5 Å². The van der Waals surface area contributed by atoms with Gasteiger partial charge in [0.15, 0.2) is 0 Å². The maximum Gasteiger partial charge on any atom is 0.323 e. The quantitative estimate of drug-likeness (QED) is 0.504. The van der Waals surface area contributed by atoms with Crippen LogP contribution in [0.2, 0.25) is 0 Å². The summed E-state index contributed by atoms with van der Waals surface area (Å²) in [5, 5.41) is 19.3. The third kappa shape index (κ3) is 5.00.